The zero-order valence-electron chi connectivity index (χ0n) is 11.4. The summed E-state index contributed by atoms with van der Waals surface area (Å²) >= 11 is 0. The van der Waals surface area contributed by atoms with Gasteiger partial charge in [0.15, 0.2) is 11.5 Å². The maximum Gasteiger partial charge on any atom is 0.274 e. The number of nitrogens with zero attached hydrogens (tertiary/aromatic N) is 1. The van der Waals surface area contributed by atoms with Crippen LogP contribution in [-0.4, -0.2) is 24.6 Å². The second kappa shape index (κ2) is 6.56. The SMILES string of the molecule is CCOc1ccc(NC(=O)c2ccccn2)cc1OC. The standard InChI is InChI=1S/C15H16N2O3/c1-3-20-13-8-7-11(10-14(13)19-2)17-15(18)12-6-4-5-9-16-12/h4-10H,3H2,1-2H3,(H,17,18). The van der Waals surface area contributed by atoms with Gasteiger partial charge in [0.05, 0.1) is 13.7 Å². The second-order valence-corrected chi connectivity index (χ2v) is 3.97. The molecule has 0 aliphatic carbocycles. The highest BCUT2D eigenvalue weighted by Crippen LogP contribution is 2.30. The summed E-state index contributed by atoms with van der Waals surface area (Å²) in [5, 5.41) is 2.77. The smallest absolute Gasteiger partial charge is 0.274 e. The van der Waals surface area contributed by atoms with Gasteiger partial charge in [-0.25, -0.2) is 0 Å². The predicted octanol–water partition coefficient (Wildman–Crippen LogP) is 2.74. The molecular weight excluding hydrogens is 256 g/mol. The molecule has 0 saturated carbocycles. The topological polar surface area (TPSA) is 60.5 Å². The highest BCUT2D eigenvalue weighted by atomic mass is 16.5. The second-order valence-electron chi connectivity index (χ2n) is 3.97. The Morgan fingerprint density at radius 1 is 1.25 bits per heavy atom. The number of rotatable bonds is 5. The number of amides is 1. The third-order valence-corrected chi connectivity index (χ3v) is 2.62. The molecule has 104 valence electrons. The fraction of sp³-hybridized carbons (Fsp3) is 0.200. The first-order valence-electron chi connectivity index (χ1n) is 6.27. The van der Waals surface area contributed by atoms with Crippen molar-refractivity contribution in [2.75, 3.05) is 19.0 Å². The number of aromatic nitrogens is 1. The molecule has 2 aromatic rings. The van der Waals surface area contributed by atoms with Gasteiger partial charge in [0.2, 0.25) is 0 Å². The number of methoxy groups -OCH3 is 1. The van der Waals surface area contributed by atoms with Crippen molar-refractivity contribution in [3.63, 3.8) is 0 Å². The van der Waals surface area contributed by atoms with E-state index in [-0.39, 0.29) is 5.91 Å². The first-order chi connectivity index (χ1) is 9.74. The van der Waals surface area contributed by atoms with Crippen molar-refractivity contribution >= 4 is 11.6 Å². The van der Waals surface area contributed by atoms with E-state index in [1.165, 1.54) is 0 Å². The average molecular weight is 272 g/mol. The normalized spacial score (nSPS) is 9.90. The first kappa shape index (κ1) is 13.9. The number of hydrogen-bond acceptors (Lipinski definition) is 4. The van der Waals surface area contributed by atoms with Gasteiger partial charge in [-0.15, -0.1) is 0 Å². The summed E-state index contributed by atoms with van der Waals surface area (Å²) in [7, 11) is 1.56. The molecule has 1 heterocycles. The molecule has 0 unspecified atom stereocenters. The predicted molar refractivity (Wildman–Crippen MR) is 76.4 cm³/mol. The Balaban J connectivity index is 2.16. The summed E-state index contributed by atoms with van der Waals surface area (Å²) < 4.78 is 10.7. The average Bonchev–Trinajstić information content (AvgIpc) is 2.50. The van der Waals surface area contributed by atoms with Crippen LogP contribution >= 0.6 is 0 Å². The fourth-order valence-corrected chi connectivity index (χ4v) is 1.71. The van der Waals surface area contributed by atoms with Crippen LogP contribution in [0, 0.1) is 0 Å². The number of carbonyl (C=O) groups is 1. The van der Waals surface area contributed by atoms with Crippen molar-refractivity contribution in [1.29, 1.82) is 0 Å². The lowest BCUT2D eigenvalue weighted by molar-refractivity contribution is 0.102. The van der Waals surface area contributed by atoms with Gasteiger partial charge in [0.1, 0.15) is 5.69 Å². The molecule has 5 heteroatoms. The lowest BCUT2D eigenvalue weighted by Gasteiger charge is -2.11. The summed E-state index contributed by atoms with van der Waals surface area (Å²) in [4.78, 5) is 16.0. The van der Waals surface area contributed by atoms with Crippen LogP contribution in [0.25, 0.3) is 0 Å². The zero-order valence-corrected chi connectivity index (χ0v) is 11.4. The van der Waals surface area contributed by atoms with Crippen molar-refractivity contribution < 1.29 is 14.3 Å². The van der Waals surface area contributed by atoms with Gasteiger partial charge in [0.25, 0.3) is 5.91 Å². The van der Waals surface area contributed by atoms with Crippen molar-refractivity contribution in [2.24, 2.45) is 0 Å². The van der Waals surface area contributed by atoms with Crippen LogP contribution in [0.15, 0.2) is 42.6 Å². The Morgan fingerprint density at radius 2 is 2.10 bits per heavy atom. The lowest BCUT2D eigenvalue weighted by Crippen LogP contribution is -2.13. The fourth-order valence-electron chi connectivity index (χ4n) is 1.71. The minimum atomic E-state index is -0.267. The summed E-state index contributed by atoms with van der Waals surface area (Å²) in [6.45, 7) is 2.45. The minimum absolute atomic E-state index is 0.267. The van der Waals surface area contributed by atoms with E-state index in [1.54, 1.807) is 49.7 Å². The number of ether oxygens (including phenoxy) is 2. The van der Waals surface area contributed by atoms with Crippen molar-refractivity contribution in [1.82, 2.24) is 4.98 Å². The quantitative estimate of drug-likeness (QED) is 0.909. The zero-order chi connectivity index (χ0) is 14.4. The largest absolute Gasteiger partial charge is 0.493 e. The maximum atomic E-state index is 12.0. The highest BCUT2D eigenvalue weighted by molar-refractivity contribution is 6.02. The highest BCUT2D eigenvalue weighted by Gasteiger charge is 2.09. The Hall–Kier alpha value is -2.56. The molecule has 1 N–H and O–H groups in total. The molecule has 0 bridgehead atoms. The van der Waals surface area contributed by atoms with E-state index in [1.807, 2.05) is 6.92 Å². The maximum absolute atomic E-state index is 12.0. The molecule has 0 aliphatic rings. The van der Waals surface area contributed by atoms with Crippen LogP contribution in [0.2, 0.25) is 0 Å². The lowest BCUT2D eigenvalue weighted by atomic mass is 10.2. The van der Waals surface area contributed by atoms with Crippen LogP contribution in [-0.2, 0) is 0 Å². The van der Waals surface area contributed by atoms with E-state index in [4.69, 9.17) is 9.47 Å². The van der Waals surface area contributed by atoms with E-state index in [2.05, 4.69) is 10.3 Å². The van der Waals surface area contributed by atoms with Gasteiger partial charge in [-0.05, 0) is 31.2 Å². The molecule has 2 rings (SSSR count). The van der Waals surface area contributed by atoms with Gasteiger partial charge in [-0.3, -0.25) is 9.78 Å². The van der Waals surface area contributed by atoms with Gasteiger partial charge >= 0.3 is 0 Å². The van der Waals surface area contributed by atoms with E-state index in [0.29, 0.717) is 29.5 Å². The number of carbonyl (C=O) groups excluding carboxylic acids is 1. The third kappa shape index (κ3) is 3.26. The molecule has 0 radical (unpaired) electrons. The van der Waals surface area contributed by atoms with E-state index < -0.39 is 0 Å². The molecule has 5 nitrogen and oxygen atoms in total. The molecule has 0 fully saturated rings. The van der Waals surface area contributed by atoms with E-state index in [9.17, 15) is 4.79 Å². The van der Waals surface area contributed by atoms with Crippen molar-refractivity contribution in [3.05, 3.63) is 48.3 Å². The Morgan fingerprint density at radius 3 is 2.75 bits per heavy atom. The van der Waals surface area contributed by atoms with Crippen LogP contribution in [0.1, 0.15) is 17.4 Å². The third-order valence-electron chi connectivity index (χ3n) is 2.62. The van der Waals surface area contributed by atoms with E-state index in [0.717, 1.165) is 0 Å². The van der Waals surface area contributed by atoms with Crippen molar-refractivity contribution in [3.8, 4) is 11.5 Å². The Kier molecular flexibility index (Phi) is 4.55. The van der Waals surface area contributed by atoms with Crippen LogP contribution < -0.4 is 14.8 Å². The molecular formula is C15H16N2O3. The summed E-state index contributed by atoms with van der Waals surface area (Å²) in [6, 6.07) is 10.4. The molecule has 1 amide bonds. The number of benzene rings is 1. The minimum Gasteiger partial charge on any atom is -0.493 e. The van der Waals surface area contributed by atoms with Gasteiger partial charge in [-0.1, -0.05) is 6.07 Å². The first-order valence-corrected chi connectivity index (χ1v) is 6.27. The van der Waals surface area contributed by atoms with Gasteiger partial charge in [0, 0.05) is 18.0 Å². The van der Waals surface area contributed by atoms with Crippen molar-refractivity contribution in [2.45, 2.75) is 6.92 Å². The number of hydrogen-bond donors (Lipinski definition) is 1. The molecule has 0 saturated heterocycles. The molecule has 0 aliphatic heterocycles. The summed E-state index contributed by atoms with van der Waals surface area (Å²) in [6.07, 6.45) is 1.58. The number of pyridine rings is 1. The number of nitrogens with one attached hydrogen (secondary N) is 1. The molecule has 20 heavy (non-hydrogen) atoms. The molecule has 0 atom stereocenters. The number of anilines is 1. The van der Waals surface area contributed by atoms with Crippen LogP contribution in [0.4, 0.5) is 5.69 Å². The van der Waals surface area contributed by atoms with Gasteiger partial charge in [-0.2, -0.15) is 0 Å². The monoisotopic (exact) mass is 272 g/mol. The van der Waals surface area contributed by atoms with Crippen LogP contribution in [0.5, 0.6) is 11.5 Å². The summed E-state index contributed by atoms with van der Waals surface area (Å²) in [5.41, 5.74) is 0.987. The Labute approximate surface area is 117 Å². The molecule has 0 spiro atoms. The molecule has 1 aromatic carbocycles. The van der Waals surface area contributed by atoms with Gasteiger partial charge < -0.3 is 14.8 Å². The molecule has 1 aromatic heterocycles. The van der Waals surface area contributed by atoms with E-state index >= 15 is 0 Å². The Bertz CT molecular complexity index is 585. The van der Waals surface area contributed by atoms with Crippen LogP contribution in [0.3, 0.4) is 0 Å². The summed E-state index contributed by atoms with van der Waals surface area (Å²) in [5.74, 6) is 0.952.